The van der Waals surface area contributed by atoms with E-state index < -0.39 is 5.97 Å². The van der Waals surface area contributed by atoms with Crippen molar-refractivity contribution in [1.29, 1.82) is 0 Å². The van der Waals surface area contributed by atoms with Crippen LogP contribution >= 0.6 is 0 Å². The smallest absolute Gasteiger partial charge is 0.337 e. The van der Waals surface area contributed by atoms with Gasteiger partial charge in [0.1, 0.15) is 18.5 Å². The molecule has 3 aromatic rings. The molecule has 2 atom stereocenters. The topological polar surface area (TPSA) is 80.7 Å². The van der Waals surface area contributed by atoms with Gasteiger partial charge in [0.05, 0.1) is 5.56 Å². The molecular formula is C21H20N2O4. The molecule has 0 unspecified atom stereocenters. The Morgan fingerprint density at radius 1 is 1.15 bits per heavy atom. The second kappa shape index (κ2) is 7.63. The van der Waals surface area contributed by atoms with E-state index in [1.54, 1.807) is 6.07 Å². The molecule has 1 saturated heterocycles. The maximum Gasteiger partial charge on any atom is 0.337 e. The van der Waals surface area contributed by atoms with Crippen LogP contribution in [0.3, 0.4) is 0 Å². The summed E-state index contributed by atoms with van der Waals surface area (Å²) in [6.45, 7) is 1.21. The molecule has 138 valence electrons. The highest BCUT2D eigenvalue weighted by molar-refractivity contribution is 5.87. The summed E-state index contributed by atoms with van der Waals surface area (Å²) in [6, 6.07) is 17.6. The first-order valence-corrected chi connectivity index (χ1v) is 8.88. The minimum absolute atomic E-state index is 0.0853. The highest BCUT2D eigenvalue weighted by Gasteiger charge is 2.26. The van der Waals surface area contributed by atoms with Crippen LogP contribution in [0.15, 0.2) is 60.8 Å². The summed E-state index contributed by atoms with van der Waals surface area (Å²) in [5, 5.41) is 14.6. The van der Waals surface area contributed by atoms with Crippen LogP contribution in [0.2, 0.25) is 0 Å². The first-order valence-electron chi connectivity index (χ1n) is 8.88. The molecule has 2 heterocycles. The molecule has 0 saturated carbocycles. The number of fused-ring (bicyclic) bond motifs is 1. The van der Waals surface area contributed by atoms with E-state index in [9.17, 15) is 4.79 Å². The third kappa shape index (κ3) is 4.17. The normalized spacial score (nSPS) is 19.1. The summed E-state index contributed by atoms with van der Waals surface area (Å²) < 4.78 is 11.8. The second-order valence-electron chi connectivity index (χ2n) is 6.59. The summed E-state index contributed by atoms with van der Waals surface area (Å²) in [7, 11) is 0. The van der Waals surface area contributed by atoms with Crippen LogP contribution in [0.25, 0.3) is 10.8 Å². The summed E-state index contributed by atoms with van der Waals surface area (Å²) in [6.07, 6.45) is 2.22. The van der Waals surface area contributed by atoms with Crippen molar-refractivity contribution in [2.75, 3.05) is 13.2 Å². The van der Waals surface area contributed by atoms with Crippen LogP contribution in [0.4, 0.5) is 0 Å². The molecule has 2 aromatic carbocycles. The molecule has 1 aliphatic heterocycles. The lowest BCUT2D eigenvalue weighted by molar-refractivity contribution is 0.0696. The van der Waals surface area contributed by atoms with E-state index in [-0.39, 0.29) is 17.7 Å². The Kier molecular flexibility index (Phi) is 4.89. The van der Waals surface area contributed by atoms with E-state index in [4.69, 9.17) is 14.6 Å². The van der Waals surface area contributed by atoms with Crippen molar-refractivity contribution >= 4 is 16.7 Å². The minimum Gasteiger partial charge on any atom is -0.489 e. The van der Waals surface area contributed by atoms with Crippen LogP contribution in [-0.2, 0) is 0 Å². The first kappa shape index (κ1) is 17.3. The lowest BCUT2D eigenvalue weighted by atomic mass is 10.1. The fraction of sp³-hybridized carbons (Fsp3) is 0.238. The predicted molar refractivity (Wildman–Crippen MR) is 101 cm³/mol. The van der Waals surface area contributed by atoms with E-state index in [0.717, 1.165) is 24.1 Å². The fourth-order valence-electron chi connectivity index (χ4n) is 3.21. The van der Waals surface area contributed by atoms with Crippen LogP contribution in [0.5, 0.6) is 11.6 Å². The monoisotopic (exact) mass is 364 g/mol. The van der Waals surface area contributed by atoms with Gasteiger partial charge in [-0.2, -0.15) is 0 Å². The van der Waals surface area contributed by atoms with Gasteiger partial charge in [0, 0.05) is 31.3 Å². The van der Waals surface area contributed by atoms with Crippen molar-refractivity contribution in [1.82, 2.24) is 10.3 Å². The number of aromatic carboxylic acids is 1. The van der Waals surface area contributed by atoms with Crippen LogP contribution in [0.1, 0.15) is 16.8 Å². The van der Waals surface area contributed by atoms with Gasteiger partial charge in [0.25, 0.3) is 0 Å². The van der Waals surface area contributed by atoms with Crippen LogP contribution in [0, 0.1) is 0 Å². The standard InChI is InChI=1S/C21H20N2O4/c24-21(25)16-6-8-20(23-11-16)26-13-17-10-19(12-22-17)27-18-7-5-14-3-1-2-4-15(14)9-18/h1-9,11,17,19,22H,10,12-13H2,(H,24,25)/t17-,19-/m0/s1. The van der Waals surface area contributed by atoms with Gasteiger partial charge in [-0.25, -0.2) is 9.78 Å². The molecular weight excluding hydrogens is 344 g/mol. The molecule has 0 spiro atoms. The maximum absolute atomic E-state index is 10.8. The van der Waals surface area contributed by atoms with Crippen LogP contribution < -0.4 is 14.8 Å². The van der Waals surface area contributed by atoms with E-state index in [0.29, 0.717) is 12.5 Å². The number of nitrogens with one attached hydrogen (secondary N) is 1. The van der Waals surface area contributed by atoms with E-state index in [1.165, 1.54) is 17.6 Å². The van der Waals surface area contributed by atoms with E-state index in [1.807, 2.05) is 18.2 Å². The second-order valence-corrected chi connectivity index (χ2v) is 6.59. The SMILES string of the molecule is O=C(O)c1ccc(OC[C@@H]2C[C@H](Oc3ccc4ccccc4c3)CN2)nc1. The fourth-order valence-corrected chi connectivity index (χ4v) is 3.21. The minimum atomic E-state index is -1.000. The Morgan fingerprint density at radius 3 is 2.78 bits per heavy atom. The average Bonchev–Trinajstić information content (AvgIpc) is 3.14. The molecule has 4 rings (SSSR count). The van der Waals surface area contributed by atoms with Gasteiger partial charge >= 0.3 is 5.97 Å². The molecule has 1 aliphatic rings. The molecule has 0 radical (unpaired) electrons. The Hall–Kier alpha value is -3.12. The number of rotatable bonds is 6. The lowest BCUT2D eigenvalue weighted by Gasteiger charge is -2.14. The average molecular weight is 364 g/mol. The highest BCUT2D eigenvalue weighted by Crippen LogP contribution is 2.23. The number of aromatic nitrogens is 1. The Balaban J connectivity index is 1.29. The molecule has 0 bridgehead atoms. The largest absolute Gasteiger partial charge is 0.489 e. The molecule has 0 aliphatic carbocycles. The number of nitrogens with zero attached hydrogens (tertiary/aromatic N) is 1. The molecule has 0 amide bonds. The van der Waals surface area contributed by atoms with Crippen molar-refractivity contribution in [2.45, 2.75) is 18.6 Å². The van der Waals surface area contributed by atoms with Crippen molar-refractivity contribution in [3.63, 3.8) is 0 Å². The van der Waals surface area contributed by atoms with Gasteiger partial charge in [-0.3, -0.25) is 0 Å². The molecule has 6 heteroatoms. The van der Waals surface area contributed by atoms with Gasteiger partial charge in [-0.15, -0.1) is 0 Å². The molecule has 1 aromatic heterocycles. The van der Waals surface area contributed by atoms with Gasteiger partial charge in [0.2, 0.25) is 5.88 Å². The van der Waals surface area contributed by atoms with Gasteiger partial charge in [-0.1, -0.05) is 30.3 Å². The van der Waals surface area contributed by atoms with Crippen LogP contribution in [-0.4, -0.2) is 41.4 Å². The number of carboxylic acid groups (broad SMARTS) is 1. The quantitative estimate of drug-likeness (QED) is 0.699. The molecule has 2 N–H and O–H groups in total. The number of benzene rings is 2. The molecule has 27 heavy (non-hydrogen) atoms. The Bertz CT molecular complexity index is 942. The third-order valence-corrected chi connectivity index (χ3v) is 4.62. The Labute approximate surface area is 156 Å². The number of hydrogen-bond acceptors (Lipinski definition) is 5. The van der Waals surface area contributed by atoms with Crippen molar-refractivity contribution in [2.24, 2.45) is 0 Å². The zero-order valence-corrected chi connectivity index (χ0v) is 14.7. The molecule has 6 nitrogen and oxygen atoms in total. The zero-order valence-electron chi connectivity index (χ0n) is 14.7. The number of carboxylic acids is 1. The molecule has 1 fully saturated rings. The summed E-state index contributed by atoms with van der Waals surface area (Å²) in [5.41, 5.74) is 0.144. The maximum atomic E-state index is 10.8. The third-order valence-electron chi connectivity index (χ3n) is 4.62. The van der Waals surface area contributed by atoms with Gasteiger partial charge in [0.15, 0.2) is 0 Å². The first-order chi connectivity index (χ1) is 13.2. The van der Waals surface area contributed by atoms with Crippen molar-refractivity contribution < 1.29 is 19.4 Å². The van der Waals surface area contributed by atoms with Gasteiger partial charge in [-0.05, 0) is 29.0 Å². The predicted octanol–water partition coefficient (Wildman–Crippen LogP) is 3.12. The van der Waals surface area contributed by atoms with Crippen molar-refractivity contribution in [3.8, 4) is 11.6 Å². The van der Waals surface area contributed by atoms with Gasteiger partial charge < -0.3 is 19.9 Å². The number of hydrogen-bond donors (Lipinski definition) is 2. The summed E-state index contributed by atoms with van der Waals surface area (Å²) in [5.74, 6) is 0.286. The van der Waals surface area contributed by atoms with Crippen molar-refractivity contribution in [3.05, 3.63) is 66.4 Å². The summed E-state index contributed by atoms with van der Waals surface area (Å²) >= 11 is 0. The summed E-state index contributed by atoms with van der Waals surface area (Å²) in [4.78, 5) is 14.8. The highest BCUT2D eigenvalue weighted by atomic mass is 16.5. The van der Waals surface area contributed by atoms with E-state index >= 15 is 0 Å². The number of pyridine rings is 1. The zero-order chi connectivity index (χ0) is 18.6. The number of carbonyl (C=O) groups is 1. The Morgan fingerprint density at radius 2 is 2.00 bits per heavy atom. The number of ether oxygens (including phenoxy) is 2. The lowest BCUT2D eigenvalue weighted by Crippen LogP contribution is -2.28. The van der Waals surface area contributed by atoms with E-state index in [2.05, 4.69) is 34.6 Å².